The van der Waals surface area contributed by atoms with Crippen molar-refractivity contribution < 1.29 is 34.1 Å². The predicted molar refractivity (Wildman–Crippen MR) is 135 cm³/mol. The van der Waals surface area contributed by atoms with Crippen LogP contribution < -0.4 is 11.1 Å². The molecule has 0 aliphatic carbocycles. The molecule has 3 saturated heterocycles. The summed E-state index contributed by atoms with van der Waals surface area (Å²) in [5, 5.41) is 23.6. The number of hydrogen-bond acceptors (Lipinski definition) is 11. The molecule has 5 N–H and O–H groups in total. The number of β-lactam (4-membered cyclic amide) rings is 1. The number of nitrogens with one attached hydrogen (secondary N) is 1. The third-order valence-corrected chi connectivity index (χ3v) is 7.59. The highest BCUT2D eigenvalue weighted by Crippen LogP contribution is 2.33. The number of anilines is 1. The Labute approximate surface area is 224 Å². The molecule has 39 heavy (non-hydrogen) atoms. The monoisotopic (exact) mass is 546 g/mol. The van der Waals surface area contributed by atoms with Crippen LogP contribution in [0, 0.1) is 11.8 Å². The zero-order valence-electron chi connectivity index (χ0n) is 21.9. The lowest BCUT2D eigenvalue weighted by atomic mass is 9.93. The Bertz CT molecular complexity index is 1250. The van der Waals surface area contributed by atoms with Gasteiger partial charge in [0.15, 0.2) is 23.8 Å². The molecule has 5 rings (SSSR count). The van der Waals surface area contributed by atoms with Crippen LogP contribution >= 0.6 is 0 Å². The van der Waals surface area contributed by atoms with Gasteiger partial charge in [-0.05, 0) is 25.7 Å². The van der Waals surface area contributed by atoms with E-state index in [1.807, 2.05) is 0 Å². The number of amides is 3. The zero-order chi connectivity index (χ0) is 27.8. The van der Waals surface area contributed by atoms with E-state index in [2.05, 4.69) is 20.3 Å². The minimum absolute atomic E-state index is 0.00826. The number of hydrogen-bond donors (Lipinski definition) is 4. The molecular weight excluding hydrogens is 512 g/mol. The first kappa shape index (κ1) is 27.0. The summed E-state index contributed by atoms with van der Waals surface area (Å²) in [4.78, 5) is 52.9. The van der Waals surface area contributed by atoms with Crippen LogP contribution in [-0.2, 0) is 25.5 Å². The Hall–Kier alpha value is -3.56. The summed E-state index contributed by atoms with van der Waals surface area (Å²) in [5.74, 6) is 0.0569. The number of nitrogens with two attached hydrogens (primary N) is 1. The SMILES string of the molecule is CCNC(=O)[C@H]1O[C@@H](n2cnc3c(N)nc(CC4CCN(C(=O)OCC5CN(C)C5=O)CC4)nc32)C(O)C1O. The number of carbonyl (C=O) groups excluding carboxylic acids is 3. The summed E-state index contributed by atoms with van der Waals surface area (Å²) in [6.45, 7) is 3.82. The maximum Gasteiger partial charge on any atom is 0.409 e. The molecule has 5 heterocycles. The van der Waals surface area contributed by atoms with Crippen LogP contribution in [0.25, 0.3) is 11.2 Å². The van der Waals surface area contributed by atoms with E-state index >= 15 is 0 Å². The minimum Gasteiger partial charge on any atom is -0.448 e. The fourth-order valence-electron chi connectivity index (χ4n) is 5.31. The zero-order valence-corrected chi connectivity index (χ0v) is 21.9. The Balaban J connectivity index is 1.21. The van der Waals surface area contributed by atoms with Gasteiger partial charge >= 0.3 is 6.09 Å². The minimum atomic E-state index is -1.43. The highest BCUT2D eigenvalue weighted by Gasteiger charge is 2.47. The van der Waals surface area contributed by atoms with Crippen LogP contribution in [0.2, 0.25) is 0 Å². The molecule has 3 aliphatic heterocycles. The van der Waals surface area contributed by atoms with Gasteiger partial charge in [-0.15, -0.1) is 0 Å². The van der Waals surface area contributed by atoms with Crippen molar-refractivity contribution in [1.29, 1.82) is 0 Å². The smallest absolute Gasteiger partial charge is 0.409 e. The largest absolute Gasteiger partial charge is 0.448 e. The molecule has 15 heteroatoms. The molecule has 5 atom stereocenters. The molecule has 3 amide bonds. The topological polar surface area (TPSA) is 198 Å². The van der Waals surface area contributed by atoms with Crippen molar-refractivity contribution in [3.05, 3.63) is 12.2 Å². The number of rotatable bonds is 7. The van der Waals surface area contributed by atoms with E-state index in [1.165, 1.54) is 10.9 Å². The maximum absolute atomic E-state index is 12.4. The molecule has 0 spiro atoms. The lowest BCUT2D eigenvalue weighted by Crippen LogP contribution is -2.52. The lowest BCUT2D eigenvalue weighted by molar-refractivity contribution is -0.147. The molecule has 2 aromatic heterocycles. The number of likely N-dealkylation sites (tertiary alicyclic amines) is 2. The highest BCUT2D eigenvalue weighted by atomic mass is 16.6. The number of fused-ring (bicyclic) bond motifs is 1. The Kier molecular flexibility index (Phi) is 7.55. The second-order valence-electron chi connectivity index (χ2n) is 10.3. The van der Waals surface area contributed by atoms with E-state index in [9.17, 15) is 24.6 Å². The van der Waals surface area contributed by atoms with Gasteiger partial charge in [0.05, 0.1) is 12.2 Å². The molecule has 0 saturated carbocycles. The maximum atomic E-state index is 12.4. The second kappa shape index (κ2) is 10.9. The fourth-order valence-corrected chi connectivity index (χ4v) is 5.31. The van der Waals surface area contributed by atoms with Gasteiger partial charge in [-0.2, -0.15) is 0 Å². The van der Waals surface area contributed by atoms with Crippen LogP contribution in [-0.4, -0.2) is 116 Å². The van der Waals surface area contributed by atoms with Crippen molar-refractivity contribution in [1.82, 2.24) is 34.6 Å². The van der Waals surface area contributed by atoms with Gasteiger partial charge < -0.3 is 40.5 Å². The number of piperidine rings is 1. The summed E-state index contributed by atoms with van der Waals surface area (Å²) in [6.07, 6.45) is -2.23. The first-order valence-electron chi connectivity index (χ1n) is 13.1. The molecule has 3 unspecified atom stereocenters. The second-order valence-corrected chi connectivity index (χ2v) is 10.3. The number of aliphatic hydroxyl groups is 2. The summed E-state index contributed by atoms with van der Waals surface area (Å²) in [5.41, 5.74) is 6.81. The standard InChI is InChI=1S/C24H34N8O7/c1-3-26-21(35)18-16(33)17(34)23(39-18)32-11-27-15-19(25)28-14(29-20(15)32)8-12-4-6-31(7-5-12)24(37)38-10-13-9-30(2)22(13)36/h11-13,16-18,23,33-34H,3-10H2,1-2H3,(H,26,35)(H2,25,28,29)/t13?,16?,17?,18-,23+/m0/s1. The van der Waals surface area contributed by atoms with Crippen molar-refractivity contribution in [3.8, 4) is 0 Å². The molecule has 3 aliphatic rings. The van der Waals surface area contributed by atoms with Crippen molar-refractivity contribution in [2.45, 2.75) is 50.7 Å². The van der Waals surface area contributed by atoms with E-state index < -0.39 is 36.5 Å². The first-order chi connectivity index (χ1) is 18.7. The Morgan fingerprint density at radius 3 is 2.64 bits per heavy atom. The number of nitrogens with zero attached hydrogens (tertiary/aromatic N) is 6. The van der Waals surface area contributed by atoms with E-state index in [4.69, 9.17) is 15.2 Å². The molecule has 2 aromatic rings. The molecule has 0 bridgehead atoms. The number of nitrogen functional groups attached to an aromatic ring is 1. The molecular formula is C24H34N8O7. The number of likely N-dealkylation sites (N-methyl/N-ethyl adjacent to an activating group) is 1. The van der Waals surface area contributed by atoms with E-state index in [0.717, 1.165) is 0 Å². The normalized spacial score (nSPS) is 27.6. The van der Waals surface area contributed by atoms with E-state index in [0.29, 0.717) is 62.4 Å². The van der Waals surface area contributed by atoms with Crippen LogP contribution in [0.3, 0.4) is 0 Å². The van der Waals surface area contributed by atoms with Crippen molar-refractivity contribution in [2.24, 2.45) is 11.8 Å². The van der Waals surface area contributed by atoms with E-state index in [-0.39, 0.29) is 30.2 Å². The number of carbonyl (C=O) groups is 3. The average molecular weight is 547 g/mol. The lowest BCUT2D eigenvalue weighted by Gasteiger charge is -2.36. The molecule has 0 aromatic carbocycles. The Morgan fingerprint density at radius 2 is 1.97 bits per heavy atom. The summed E-state index contributed by atoms with van der Waals surface area (Å²) in [7, 11) is 1.72. The predicted octanol–water partition coefficient (Wildman–Crippen LogP) is -1.36. The highest BCUT2D eigenvalue weighted by molar-refractivity contribution is 5.85. The summed E-state index contributed by atoms with van der Waals surface area (Å²) in [6, 6.07) is 0. The van der Waals surface area contributed by atoms with Crippen molar-refractivity contribution in [2.75, 3.05) is 45.6 Å². The molecule has 3 fully saturated rings. The van der Waals surface area contributed by atoms with Crippen LogP contribution in [0.4, 0.5) is 10.6 Å². The third-order valence-electron chi connectivity index (χ3n) is 7.59. The average Bonchev–Trinajstić information content (AvgIpc) is 3.47. The summed E-state index contributed by atoms with van der Waals surface area (Å²) >= 11 is 0. The van der Waals surface area contributed by atoms with E-state index in [1.54, 1.807) is 23.8 Å². The third kappa shape index (κ3) is 5.21. The van der Waals surface area contributed by atoms with Gasteiger partial charge in [-0.3, -0.25) is 14.2 Å². The van der Waals surface area contributed by atoms with Gasteiger partial charge in [0.2, 0.25) is 5.91 Å². The summed E-state index contributed by atoms with van der Waals surface area (Å²) < 4.78 is 12.5. The number of aromatic nitrogens is 4. The van der Waals surface area contributed by atoms with Gasteiger partial charge in [0.1, 0.15) is 30.2 Å². The number of imidazole rings is 1. The van der Waals surface area contributed by atoms with Gasteiger partial charge in [0.25, 0.3) is 5.91 Å². The van der Waals surface area contributed by atoms with Crippen LogP contribution in [0.15, 0.2) is 6.33 Å². The first-order valence-corrected chi connectivity index (χ1v) is 13.1. The molecule has 15 nitrogen and oxygen atoms in total. The Morgan fingerprint density at radius 1 is 1.23 bits per heavy atom. The van der Waals surface area contributed by atoms with Gasteiger partial charge in [-0.1, -0.05) is 0 Å². The van der Waals surface area contributed by atoms with Gasteiger partial charge in [0, 0.05) is 39.6 Å². The van der Waals surface area contributed by atoms with Gasteiger partial charge in [-0.25, -0.2) is 19.7 Å². The quantitative estimate of drug-likeness (QED) is 0.299. The van der Waals surface area contributed by atoms with Crippen molar-refractivity contribution >= 4 is 34.9 Å². The van der Waals surface area contributed by atoms with Crippen molar-refractivity contribution in [3.63, 3.8) is 0 Å². The number of aliphatic hydroxyl groups excluding tert-OH is 2. The van der Waals surface area contributed by atoms with Crippen LogP contribution in [0.5, 0.6) is 0 Å². The number of ether oxygens (including phenoxy) is 2. The molecule has 0 radical (unpaired) electrons. The molecule has 212 valence electrons. The van der Waals surface area contributed by atoms with Crippen LogP contribution in [0.1, 0.15) is 31.8 Å². The fraction of sp³-hybridized carbons (Fsp3) is 0.667.